The van der Waals surface area contributed by atoms with Crippen molar-refractivity contribution in [1.29, 1.82) is 0 Å². The molecular formula is C32H25NO7. The second-order valence-electron chi connectivity index (χ2n) is 10.1. The summed E-state index contributed by atoms with van der Waals surface area (Å²) >= 11 is 0. The van der Waals surface area contributed by atoms with Gasteiger partial charge in [0, 0.05) is 29.7 Å². The van der Waals surface area contributed by atoms with Gasteiger partial charge in [0.1, 0.15) is 34.5 Å². The van der Waals surface area contributed by atoms with E-state index < -0.39 is 11.9 Å². The van der Waals surface area contributed by atoms with Gasteiger partial charge in [0.25, 0.3) is 5.56 Å². The van der Waals surface area contributed by atoms with E-state index in [0.717, 1.165) is 29.3 Å². The lowest BCUT2D eigenvalue weighted by molar-refractivity contribution is -0.135. The number of fused-ring (bicyclic) bond motifs is 3. The number of hydrogen-bond donors (Lipinski definition) is 0. The predicted molar refractivity (Wildman–Crippen MR) is 150 cm³/mol. The van der Waals surface area contributed by atoms with Crippen molar-refractivity contribution >= 4 is 27.8 Å². The highest BCUT2D eigenvalue weighted by Crippen LogP contribution is 2.46. The van der Waals surface area contributed by atoms with Crippen molar-refractivity contribution in [1.82, 2.24) is 4.57 Å². The first kappa shape index (κ1) is 24.2. The second-order valence-corrected chi connectivity index (χ2v) is 10.1. The summed E-state index contributed by atoms with van der Waals surface area (Å²) in [7, 11) is 3.02. The first-order chi connectivity index (χ1) is 19.5. The van der Waals surface area contributed by atoms with Crippen molar-refractivity contribution in [3.8, 4) is 28.4 Å². The van der Waals surface area contributed by atoms with Crippen LogP contribution >= 0.6 is 0 Å². The minimum atomic E-state index is -0.661. The molecule has 8 nitrogen and oxygen atoms in total. The Kier molecular flexibility index (Phi) is 5.52. The lowest BCUT2D eigenvalue weighted by atomic mass is 9.84. The van der Waals surface area contributed by atoms with Crippen LogP contribution in [0.25, 0.3) is 33.0 Å². The van der Waals surface area contributed by atoms with E-state index in [1.807, 2.05) is 22.8 Å². The molecule has 2 aromatic heterocycles. The Labute approximate surface area is 228 Å². The molecule has 1 unspecified atom stereocenters. The molecule has 5 aromatic rings. The summed E-state index contributed by atoms with van der Waals surface area (Å²) in [6.07, 6.45) is 3.13. The van der Waals surface area contributed by atoms with Crippen LogP contribution in [0.3, 0.4) is 0 Å². The molecule has 1 atom stereocenters. The van der Waals surface area contributed by atoms with Gasteiger partial charge < -0.3 is 23.2 Å². The highest BCUT2D eigenvalue weighted by molar-refractivity contribution is 5.95. The molecular weight excluding hydrogens is 510 g/mol. The Hall–Kier alpha value is -4.85. The molecule has 0 N–H and O–H groups in total. The van der Waals surface area contributed by atoms with E-state index in [9.17, 15) is 14.4 Å². The summed E-state index contributed by atoms with van der Waals surface area (Å²) < 4.78 is 24.4. The van der Waals surface area contributed by atoms with Crippen LogP contribution in [-0.2, 0) is 17.8 Å². The molecule has 40 heavy (non-hydrogen) atoms. The van der Waals surface area contributed by atoms with Crippen LogP contribution in [-0.4, -0.2) is 24.8 Å². The van der Waals surface area contributed by atoms with Crippen molar-refractivity contribution in [2.24, 2.45) is 0 Å². The third kappa shape index (κ3) is 3.56. The number of hydrogen-bond acceptors (Lipinski definition) is 7. The van der Waals surface area contributed by atoms with Crippen LogP contribution in [0.1, 0.15) is 35.4 Å². The average Bonchev–Trinajstić information content (AvgIpc) is 2.98. The molecule has 0 spiro atoms. The Morgan fingerprint density at radius 1 is 0.975 bits per heavy atom. The van der Waals surface area contributed by atoms with Crippen LogP contribution in [0.5, 0.6) is 17.2 Å². The van der Waals surface area contributed by atoms with Gasteiger partial charge in [-0.1, -0.05) is 30.3 Å². The van der Waals surface area contributed by atoms with Crippen molar-refractivity contribution in [2.45, 2.75) is 31.7 Å². The van der Waals surface area contributed by atoms with E-state index in [1.54, 1.807) is 31.4 Å². The van der Waals surface area contributed by atoms with Crippen LogP contribution in [0.4, 0.5) is 0 Å². The van der Waals surface area contributed by atoms with Crippen LogP contribution in [0.2, 0.25) is 0 Å². The third-order valence-corrected chi connectivity index (χ3v) is 8.00. The number of aryl methyl sites for hydroxylation is 2. The van der Waals surface area contributed by atoms with E-state index in [1.165, 1.54) is 19.4 Å². The summed E-state index contributed by atoms with van der Waals surface area (Å²) in [4.78, 5) is 40.6. The first-order valence-electron chi connectivity index (χ1n) is 13.2. The maximum absolute atomic E-state index is 13.9. The Bertz CT molecular complexity index is 1970. The van der Waals surface area contributed by atoms with E-state index >= 15 is 0 Å². The largest absolute Gasteiger partial charge is 0.497 e. The van der Waals surface area contributed by atoms with Gasteiger partial charge in [-0.15, -0.1) is 0 Å². The zero-order valence-electron chi connectivity index (χ0n) is 22.0. The number of methoxy groups -OCH3 is 2. The zero-order chi connectivity index (χ0) is 27.5. The van der Waals surface area contributed by atoms with Gasteiger partial charge >= 0.3 is 5.97 Å². The van der Waals surface area contributed by atoms with E-state index in [4.69, 9.17) is 18.6 Å². The van der Waals surface area contributed by atoms with Crippen LogP contribution in [0, 0.1) is 0 Å². The number of carbonyl (C=O) groups excluding carboxylic acids is 1. The zero-order valence-corrected chi connectivity index (χ0v) is 22.0. The molecule has 200 valence electrons. The number of pyridine rings is 1. The number of aromatic nitrogens is 1. The van der Waals surface area contributed by atoms with E-state index in [0.29, 0.717) is 34.5 Å². The molecule has 0 radical (unpaired) electrons. The molecule has 3 aromatic carbocycles. The highest BCUT2D eigenvalue weighted by Gasteiger charge is 2.36. The van der Waals surface area contributed by atoms with Gasteiger partial charge in [-0.2, -0.15) is 0 Å². The number of esters is 1. The molecule has 0 amide bonds. The molecule has 7 rings (SSSR count). The van der Waals surface area contributed by atoms with Crippen LogP contribution in [0.15, 0.2) is 74.9 Å². The van der Waals surface area contributed by atoms with Gasteiger partial charge in [-0.3, -0.25) is 14.4 Å². The summed E-state index contributed by atoms with van der Waals surface area (Å²) in [6, 6.07) is 16.5. The minimum Gasteiger partial charge on any atom is -0.497 e. The van der Waals surface area contributed by atoms with Crippen molar-refractivity contribution in [3.63, 3.8) is 0 Å². The van der Waals surface area contributed by atoms with Gasteiger partial charge in [0.2, 0.25) is 5.43 Å². The maximum atomic E-state index is 13.9. The predicted octanol–water partition coefficient (Wildman–Crippen LogP) is 5.18. The Balaban J connectivity index is 1.49. The van der Waals surface area contributed by atoms with Gasteiger partial charge in [-0.05, 0) is 47.6 Å². The van der Waals surface area contributed by atoms with Gasteiger partial charge in [0.05, 0.1) is 31.7 Å². The van der Waals surface area contributed by atoms with Crippen molar-refractivity contribution in [3.05, 3.63) is 98.1 Å². The third-order valence-electron chi connectivity index (χ3n) is 8.00. The maximum Gasteiger partial charge on any atom is 0.312 e. The minimum absolute atomic E-state index is 0.0567. The van der Waals surface area contributed by atoms with Crippen molar-refractivity contribution in [2.75, 3.05) is 14.2 Å². The van der Waals surface area contributed by atoms with Crippen molar-refractivity contribution < 1.29 is 23.4 Å². The molecule has 2 aliphatic heterocycles. The van der Waals surface area contributed by atoms with Gasteiger partial charge in [0.15, 0.2) is 0 Å². The fourth-order valence-corrected chi connectivity index (χ4v) is 6.15. The topological polar surface area (TPSA) is 97.0 Å². The number of ether oxygens (including phenoxy) is 3. The molecule has 0 saturated carbocycles. The SMILES string of the molecule is COc1ccc(-c2coc3c4c(cc(OC)c3c2=O)OC(=O)CC4c2cc3cccc4c3n(c2=O)CCC4)cc1. The van der Waals surface area contributed by atoms with Gasteiger partial charge in [-0.25, -0.2) is 0 Å². The average molecular weight is 536 g/mol. The Morgan fingerprint density at radius 3 is 2.58 bits per heavy atom. The summed E-state index contributed by atoms with van der Waals surface area (Å²) in [5.41, 5.74) is 3.84. The second kappa shape index (κ2) is 9.12. The fraction of sp³-hybridized carbons (Fsp3) is 0.219. The lowest BCUT2D eigenvalue weighted by Gasteiger charge is -2.27. The monoisotopic (exact) mass is 535 g/mol. The van der Waals surface area contributed by atoms with E-state index in [-0.39, 0.29) is 39.9 Å². The Morgan fingerprint density at radius 2 is 1.80 bits per heavy atom. The smallest absolute Gasteiger partial charge is 0.312 e. The summed E-state index contributed by atoms with van der Waals surface area (Å²) in [5, 5.41) is 1.16. The molecule has 2 aliphatic rings. The normalized spacial score (nSPS) is 16.1. The lowest BCUT2D eigenvalue weighted by Crippen LogP contribution is -2.31. The fourth-order valence-electron chi connectivity index (χ4n) is 6.15. The standard InChI is InChI=1S/C32H25NO7/c1-37-20-10-8-17(9-11-20)23-16-39-31-27-21(14-26(34)40-25(27)15-24(38-2)28(31)30(23)35)22-13-19-6-3-5-18-7-4-12-33(29(18)19)32(22)36/h3,5-6,8-11,13,15-16,21H,4,7,12,14H2,1-2H3. The molecule has 0 aliphatic carbocycles. The molecule has 4 heterocycles. The summed E-state index contributed by atoms with van der Waals surface area (Å²) in [6.45, 7) is 0.605. The number of benzene rings is 3. The number of rotatable bonds is 4. The summed E-state index contributed by atoms with van der Waals surface area (Å²) in [5.74, 6) is -0.0222. The first-order valence-corrected chi connectivity index (χ1v) is 13.2. The quantitative estimate of drug-likeness (QED) is 0.231. The van der Waals surface area contributed by atoms with Crippen LogP contribution < -0.4 is 25.2 Å². The molecule has 8 heteroatoms. The number of para-hydroxylation sites is 1. The number of nitrogens with zero attached hydrogens (tertiary/aromatic N) is 1. The number of carbonyl (C=O) groups is 1. The molecule has 0 fully saturated rings. The molecule has 0 saturated heterocycles. The van der Waals surface area contributed by atoms with E-state index in [2.05, 4.69) is 6.07 Å². The molecule has 0 bridgehead atoms. The highest BCUT2D eigenvalue weighted by atomic mass is 16.5.